The Morgan fingerprint density at radius 2 is 2.04 bits per heavy atom. The fourth-order valence-electron chi connectivity index (χ4n) is 3.27. The predicted octanol–water partition coefficient (Wildman–Crippen LogP) is 1.95. The van der Waals surface area contributed by atoms with E-state index in [1.807, 2.05) is 6.07 Å². The lowest BCUT2D eigenvalue weighted by molar-refractivity contribution is -0.137. The Morgan fingerprint density at radius 1 is 1.31 bits per heavy atom. The molecule has 0 saturated heterocycles. The van der Waals surface area contributed by atoms with Crippen molar-refractivity contribution in [2.45, 2.75) is 45.6 Å². The van der Waals surface area contributed by atoms with Gasteiger partial charge in [0.15, 0.2) is 6.10 Å². The summed E-state index contributed by atoms with van der Waals surface area (Å²) < 4.78 is 11.2. The Hall–Kier alpha value is -2.83. The largest absolute Gasteiger partial charge is 0.481 e. The third kappa shape index (κ3) is 3.42. The molecule has 3 rings (SSSR count). The molecule has 0 saturated carbocycles. The summed E-state index contributed by atoms with van der Waals surface area (Å²) in [5.41, 5.74) is 2.66. The second-order valence-corrected chi connectivity index (χ2v) is 6.46. The van der Waals surface area contributed by atoms with Gasteiger partial charge in [0.05, 0.1) is 6.42 Å². The number of aliphatic carboxylic acids is 1. The van der Waals surface area contributed by atoms with E-state index in [1.54, 1.807) is 19.9 Å². The number of carboxylic acids is 1. The van der Waals surface area contributed by atoms with Gasteiger partial charge in [0.1, 0.15) is 11.3 Å². The maximum atomic E-state index is 12.2. The van der Waals surface area contributed by atoms with E-state index in [1.165, 1.54) is 0 Å². The van der Waals surface area contributed by atoms with Crippen molar-refractivity contribution in [1.82, 2.24) is 5.32 Å². The number of nitrogens with one attached hydrogen (secondary N) is 1. The summed E-state index contributed by atoms with van der Waals surface area (Å²) >= 11 is 0. The molecule has 1 aliphatic carbocycles. The number of rotatable bonds is 6. The van der Waals surface area contributed by atoms with Crippen molar-refractivity contribution < 1.29 is 23.8 Å². The summed E-state index contributed by atoms with van der Waals surface area (Å²) in [5, 5.41) is 12.0. The number of carboxylic acid groups (broad SMARTS) is 1. The van der Waals surface area contributed by atoms with Crippen molar-refractivity contribution in [1.29, 1.82) is 0 Å². The maximum absolute atomic E-state index is 12.2. The van der Waals surface area contributed by atoms with Gasteiger partial charge in [-0.05, 0) is 50.8 Å². The lowest BCUT2D eigenvalue weighted by Crippen LogP contribution is -2.37. The monoisotopic (exact) mass is 359 g/mol. The van der Waals surface area contributed by atoms with Crippen molar-refractivity contribution in [3.8, 4) is 5.75 Å². The topological polar surface area (TPSA) is 106 Å². The Kier molecular flexibility index (Phi) is 4.97. The molecule has 26 heavy (non-hydrogen) atoms. The summed E-state index contributed by atoms with van der Waals surface area (Å²) in [6.45, 7) is 3.41. The Balaban J connectivity index is 1.82. The molecule has 0 fully saturated rings. The SMILES string of the molecule is Cc1c(O[C@H](C)C(=O)NCCC(=O)O)ccc2c3c(c(=O)oc12)CCC3. The zero-order chi connectivity index (χ0) is 18.8. The van der Waals surface area contributed by atoms with E-state index in [9.17, 15) is 14.4 Å². The van der Waals surface area contributed by atoms with Crippen LogP contribution in [0.5, 0.6) is 5.75 Å². The highest BCUT2D eigenvalue weighted by atomic mass is 16.5. The predicted molar refractivity (Wildman–Crippen MR) is 94.6 cm³/mol. The van der Waals surface area contributed by atoms with Crippen LogP contribution in [0.2, 0.25) is 0 Å². The number of carbonyl (C=O) groups is 2. The van der Waals surface area contributed by atoms with Crippen LogP contribution in [0, 0.1) is 6.92 Å². The molecule has 138 valence electrons. The molecule has 1 aliphatic rings. The summed E-state index contributed by atoms with van der Waals surface area (Å²) in [6, 6.07) is 3.64. The van der Waals surface area contributed by atoms with Crippen molar-refractivity contribution >= 4 is 22.8 Å². The van der Waals surface area contributed by atoms with Gasteiger partial charge in [0.25, 0.3) is 5.91 Å². The first kappa shape index (κ1) is 18.0. The molecule has 0 spiro atoms. The molecule has 1 amide bonds. The van der Waals surface area contributed by atoms with Crippen LogP contribution < -0.4 is 15.7 Å². The van der Waals surface area contributed by atoms with Crippen LogP contribution in [-0.2, 0) is 22.4 Å². The second kappa shape index (κ2) is 7.19. The summed E-state index contributed by atoms with van der Waals surface area (Å²) in [6.07, 6.45) is 1.60. The van der Waals surface area contributed by atoms with Crippen LogP contribution in [0.4, 0.5) is 0 Å². The number of fused-ring (bicyclic) bond motifs is 3. The van der Waals surface area contributed by atoms with Crippen LogP contribution in [0.1, 0.15) is 36.5 Å². The number of benzene rings is 1. The van der Waals surface area contributed by atoms with Crippen molar-refractivity contribution in [2.24, 2.45) is 0 Å². The lowest BCUT2D eigenvalue weighted by Gasteiger charge is -2.17. The number of carbonyl (C=O) groups excluding carboxylic acids is 1. The fraction of sp³-hybridized carbons (Fsp3) is 0.421. The summed E-state index contributed by atoms with van der Waals surface area (Å²) in [4.78, 5) is 34.7. The average Bonchev–Trinajstić information content (AvgIpc) is 3.08. The number of hydrogen-bond acceptors (Lipinski definition) is 5. The van der Waals surface area contributed by atoms with Crippen molar-refractivity contribution in [3.63, 3.8) is 0 Å². The first-order chi connectivity index (χ1) is 12.4. The molecule has 7 heteroatoms. The maximum Gasteiger partial charge on any atom is 0.339 e. The van der Waals surface area contributed by atoms with Crippen molar-refractivity contribution in [3.05, 3.63) is 39.2 Å². The first-order valence-corrected chi connectivity index (χ1v) is 8.62. The van der Waals surface area contributed by atoms with Crippen molar-refractivity contribution in [2.75, 3.05) is 6.54 Å². The second-order valence-electron chi connectivity index (χ2n) is 6.46. The zero-order valence-corrected chi connectivity index (χ0v) is 14.8. The molecule has 2 aromatic rings. The fourth-order valence-corrected chi connectivity index (χ4v) is 3.27. The summed E-state index contributed by atoms with van der Waals surface area (Å²) in [5.74, 6) is -0.924. The molecule has 0 unspecified atom stereocenters. The number of aryl methyl sites for hydroxylation is 2. The number of amides is 1. The van der Waals surface area contributed by atoms with E-state index in [2.05, 4.69) is 5.32 Å². The van der Waals surface area contributed by atoms with E-state index in [0.717, 1.165) is 35.8 Å². The van der Waals surface area contributed by atoms with Crippen LogP contribution in [0.3, 0.4) is 0 Å². The normalized spacial score (nSPS) is 14.1. The van der Waals surface area contributed by atoms with Gasteiger partial charge in [0, 0.05) is 23.1 Å². The highest BCUT2D eigenvalue weighted by molar-refractivity contribution is 5.86. The Morgan fingerprint density at radius 3 is 2.77 bits per heavy atom. The molecule has 1 heterocycles. The third-order valence-corrected chi connectivity index (χ3v) is 4.65. The molecule has 0 bridgehead atoms. The van der Waals surface area contributed by atoms with Gasteiger partial charge >= 0.3 is 11.6 Å². The van der Waals surface area contributed by atoms with E-state index in [4.69, 9.17) is 14.3 Å². The van der Waals surface area contributed by atoms with E-state index in [0.29, 0.717) is 16.9 Å². The van der Waals surface area contributed by atoms with Crippen LogP contribution in [0.15, 0.2) is 21.3 Å². The molecule has 0 radical (unpaired) electrons. The molecule has 0 aliphatic heterocycles. The lowest BCUT2D eigenvalue weighted by atomic mass is 10.0. The van der Waals surface area contributed by atoms with E-state index < -0.39 is 18.0 Å². The third-order valence-electron chi connectivity index (χ3n) is 4.65. The quantitative estimate of drug-likeness (QED) is 0.764. The Bertz CT molecular complexity index is 930. The minimum absolute atomic E-state index is 0.0413. The molecule has 1 atom stereocenters. The van der Waals surface area contributed by atoms with Gasteiger partial charge in [-0.25, -0.2) is 4.79 Å². The standard InChI is InChI=1S/C19H21NO6/c1-10-15(25-11(2)18(23)20-9-8-16(21)22)7-6-13-12-4-3-5-14(12)19(24)26-17(10)13/h6-7,11H,3-5,8-9H2,1-2H3,(H,20,23)(H,21,22)/t11-/m1/s1. The van der Waals surface area contributed by atoms with E-state index in [-0.39, 0.29) is 18.6 Å². The number of ether oxygens (including phenoxy) is 1. The minimum atomic E-state index is -0.980. The first-order valence-electron chi connectivity index (χ1n) is 8.62. The Labute approximate surface area is 150 Å². The highest BCUT2D eigenvalue weighted by Crippen LogP contribution is 2.33. The molecular formula is C19H21NO6. The van der Waals surface area contributed by atoms with Gasteiger partial charge in [-0.2, -0.15) is 0 Å². The highest BCUT2D eigenvalue weighted by Gasteiger charge is 2.22. The zero-order valence-electron chi connectivity index (χ0n) is 14.8. The van der Waals surface area contributed by atoms with Gasteiger partial charge in [-0.1, -0.05) is 0 Å². The smallest absolute Gasteiger partial charge is 0.339 e. The van der Waals surface area contributed by atoms with Gasteiger partial charge in [-0.3, -0.25) is 9.59 Å². The molecular weight excluding hydrogens is 338 g/mol. The van der Waals surface area contributed by atoms with Crippen LogP contribution in [-0.4, -0.2) is 29.6 Å². The van der Waals surface area contributed by atoms with Gasteiger partial charge < -0.3 is 19.6 Å². The minimum Gasteiger partial charge on any atom is -0.481 e. The van der Waals surface area contributed by atoms with Crippen LogP contribution >= 0.6 is 0 Å². The number of hydrogen-bond donors (Lipinski definition) is 2. The van der Waals surface area contributed by atoms with Gasteiger partial charge in [0.2, 0.25) is 0 Å². The van der Waals surface area contributed by atoms with Crippen LogP contribution in [0.25, 0.3) is 11.0 Å². The summed E-state index contributed by atoms with van der Waals surface area (Å²) in [7, 11) is 0. The van der Waals surface area contributed by atoms with E-state index >= 15 is 0 Å². The molecule has 1 aromatic carbocycles. The molecule has 7 nitrogen and oxygen atoms in total. The average molecular weight is 359 g/mol. The molecule has 1 aromatic heterocycles. The molecule has 2 N–H and O–H groups in total. The van der Waals surface area contributed by atoms with Gasteiger partial charge in [-0.15, -0.1) is 0 Å².